The van der Waals surface area contributed by atoms with Crippen LogP contribution < -0.4 is 0 Å². The number of rotatable bonds is 10. The summed E-state index contributed by atoms with van der Waals surface area (Å²) in [6.07, 6.45) is 1.25. The number of nitro groups is 2. The Morgan fingerprint density at radius 3 is 2.23 bits per heavy atom. The summed E-state index contributed by atoms with van der Waals surface area (Å²) in [5.41, 5.74) is 2.21. The lowest BCUT2D eigenvalue weighted by atomic mass is 9.87. The van der Waals surface area contributed by atoms with Crippen LogP contribution in [0.15, 0.2) is 60.2 Å². The van der Waals surface area contributed by atoms with Crippen molar-refractivity contribution in [3.63, 3.8) is 0 Å². The van der Waals surface area contributed by atoms with Crippen LogP contribution in [0, 0.1) is 27.2 Å². The molecule has 2 atom stereocenters. The smallest absolute Gasteiger partial charge is 0.334 e. The summed E-state index contributed by atoms with van der Waals surface area (Å²) >= 11 is 0. The Bertz CT molecular complexity index is 909. The van der Waals surface area contributed by atoms with Gasteiger partial charge in [-0.25, -0.2) is 4.79 Å². The molecule has 30 heavy (non-hydrogen) atoms. The molecule has 0 spiro atoms. The molecule has 0 bridgehead atoms. The lowest BCUT2D eigenvalue weighted by Crippen LogP contribution is -2.33. The molecule has 158 valence electrons. The molecule has 0 radical (unpaired) electrons. The fourth-order valence-corrected chi connectivity index (χ4v) is 3.19. The molecule has 8 heteroatoms. The van der Waals surface area contributed by atoms with Crippen LogP contribution in [0.25, 0.3) is 6.08 Å². The predicted molar refractivity (Wildman–Crippen MR) is 112 cm³/mol. The molecular formula is C22H24N2O6. The van der Waals surface area contributed by atoms with Gasteiger partial charge in [-0.1, -0.05) is 60.2 Å². The first-order chi connectivity index (χ1) is 14.3. The second-order valence-electron chi connectivity index (χ2n) is 6.89. The number of carbonyl (C=O) groups excluding carboxylic acids is 1. The van der Waals surface area contributed by atoms with E-state index in [-0.39, 0.29) is 18.6 Å². The van der Waals surface area contributed by atoms with Gasteiger partial charge in [0.25, 0.3) is 0 Å². The van der Waals surface area contributed by atoms with Crippen LogP contribution in [0.3, 0.4) is 0 Å². The number of hydrogen-bond donors (Lipinski definition) is 0. The zero-order chi connectivity index (χ0) is 22.1. The van der Waals surface area contributed by atoms with Gasteiger partial charge in [0.05, 0.1) is 6.61 Å². The van der Waals surface area contributed by atoms with Crippen molar-refractivity contribution in [2.75, 3.05) is 13.2 Å². The standard InChI is InChI=1S/C22H24N2O6/c1-3-30-22(25)19(13-17-7-5-4-6-8-17)14-21(24(28)29)20(15-23(26)27)18-11-9-16(2)10-12-18/h4-13,20-21H,3,14-15H2,1-2H3/b19-13+/t20-,21-/m0/s1. The molecule has 8 nitrogen and oxygen atoms in total. The summed E-state index contributed by atoms with van der Waals surface area (Å²) in [5, 5.41) is 23.2. The van der Waals surface area contributed by atoms with Gasteiger partial charge in [0.1, 0.15) is 5.92 Å². The van der Waals surface area contributed by atoms with Gasteiger partial charge in [-0.3, -0.25) is 20.2 Å². The van der Waals surface area contributed by atoms with E-state index in [1.54, 1.807) is 55.5 Å². The van der Waals surface area contributed by atoms with E-state index in [0.717, 1.165) is 5.56 Å². The Labute approximate surface area is 174 Å². The Balaban J connectivity index is 2.46. The number of hydrogen-bond acceptors (Lipinski definition) is 6. The van der Waals surface area contributed by atoms with E-state index in [1.165, 1.54) is 6.08 Å². The van der Waals surface area contributed by atoms with Gasteiger partial charge in [-0.2, -0.15) is 0 Å². The van der Waals surface area contributed by atoms with Crippen molar-refractivity contribution < 1.29 is 19.4 Å². The van der Waals surface area contributed by atoms with E-state index >= 15 is 0 Å². The number of nitrogens with zero attached hydrogens (tertiary/aromatic N) is 2. The monoisotopic (exact) mass is 412 g/mol. The highest BCUT2D eigenvalue weighted by Gasteiger charge is 2.38. The van der Waals surface area contributed by atoms with Gasteiger partial charge in [0, 0.05) is 21.8 Å². The van der Waals surface area contributed by atoms with Crippen molar-refractivity contribution in [1.82, 2.24) is 0 Å². The summed E-state index contributed by atoms with van der Waals surface area (Å²) in [6, 6.07) is 14.3. The second kappa shape index (κ2) is 10.8. The SMILES string of the molecule is CCOC(=O)/C(=C/c1ccccc1)C[C@@H]([C@@H](C[N+](=O)[O-])c1ccc(C)cc1)[N+](=O)[O-]. The number of aryl methyl sites for hydroxylation is 1. The molecule has 0 aromatic heterocycles. The summed E-state index contributed by atoms with van der Waals surface area (Å²) < 4.78 is 5.08. The van der Waals surface area contributed by atoms with Gasteiger partial charge in [-0.05, 0) is 31.1 Å². The molecule has 0 saturated heterocycles. The van der Waals surface area contributed by atoms with Crippen LogP contribution in [0.1, 0.15) is 36.0 Å². The van der Waals surface area contributed by atoms with Crippen LogP contribution in [0.5, 0.6) is 0 Å². The minimum Gasteiger partial charge on any atom is -0.463 e. The summed E-state index contributed by atoms with van der Waals surface area (Å²) in [4.78, 5) is 34.6. The fourth-order valence-electron chi connectivity index (χ4n) is 3.19. The Kier molecular flexibility index (Phi) is 8.22. The maximum absolute atomic E-state index is 12.5. The summed E-state index contributed by atoms with van der Waals surface area (Å²) in [6.45, 7) is 3.00. The van der Waals surface area contributed by atoms with Crippen LogP contribution >= 0.6 is 0 Å². The molecule has 0 N–H and O–H groups in total. The lowest BCUT2D eigenvalue weighted by molar-refractivity contribution is -0.546. The van der Waals surface area contributed by atoms with Crippen molar-refractivity contribution in [1.29, 1.82) is 0 Å². The average Bonchev–Trinajstić information content (AvgIpc) is 2.71. The van der Waals surface area contributed by atoms with Crippen molar-refractivity contribution in [2.45, 2.75) is 32.2 Å². The molecule has 0 aliphatic carbocycles. The first-order valence-electron chi connectivity index (χ1n) is 9.56. The maximum atomic E-state index is 12.5. The van der Waals surface area contributed by atoms with Gasteiger partial charge in [0.2, 0.25) is 12.6 Å². The molecule has 2 aromatic rings. The third kappa shape index (κ3) is 6.51. The predicted octanol–water partition coefficient (Wildman–Crippen LogP) is 4.04. The summed E-state index contributed by atoms with van der Waals surface area (Å²) in [5.74, 6) is -1.67. The first-order valence-corrected chi connectivity index (χ1v) is 9.56. The maximum Gasteiger partial charge on any atom is 0.334 e. The summed E-state index contributed by atoms with van der Waals surface area (Å²) in [7, 11) is 0. The van der Waals surface area contributed by atoms with Crippen LogP contribution in [0.4, 0.5) is 0 Å². The van der Waals surface area contributed by atoms with Gasteiger partial charge >= 0.3 is 5.97 Å². The molecular weight excluding hydrogens is 388 g/mol. The minimum atomic E-state index is -1.36. The molecule has 0 aliphatic rings. The van der Waals surface area contributed by atoms with Gasteiger partial charge in [0.15, 0.2) is 0 Å². The van der Waals surface area contributed by atoms with E-state index in [0.29, 0.717) is 11.1 Å². The molecule has 0 fully saturated rings. The van der Waals surface area contributed by atoms with Crippen LogP contribution in [0.2, 0.25) is 0 Å². The molecule has 2 aromatic carbocycles. The molecule has 2 rings (SSSR count). The molecule has 0 heterocycles. The highest BCUT2D eigenvalue weighted by atomic mass is 16.6. The van der Waals surface area contributed by atoms with E-state index in [4.69, 9.17) is 4.74 Å². The van der Waals surface area contributed by atoms with Crippen molar-refractivity contribution in [3.8, 4) is 0 Å². The molecule has 0 aliphatic heterocycles. The van der Waals surface area contributed by atoms with Crippen LogP contribution in [-0.2, 0) is 9.53 Å². The van der Waals surface area contributed by atoms with E-state index in [1.807, 2.05) is 13.0 Å². The Morgan fingerprint density at radius 1 is 1.07 bits per heavy atom. The third-order valence-corrected chi connectivity index (χ3v) is 4.69. The molecule has 0 unspecified atom stereocenters. The minimum absolute atomic E-state index is 0.102. The van der Waals surface area contributed by atoms with E-state index < -0.39 is 34.3 Å². The zero-order valence-electron chi connectivity index (χ0n) is 16.9. The highest BCUT2D eigenvalue weighted by molar-refractivity contribution is 5.93. The van der Waals surface area contributed by atoms with Crippen LogP contribution in [-0.4, -0.2) is 35.0 Å². The normalized spacial score (nSPS) is 13.3. The second-order valence-corrected chi connectivity index (χ2v) is 6.89. The Hall–Kier alpha value is -3.55. The number of esters is 1. The number of ether oxygens (including phenoxy) is 1. The van der Waals surface area contributed by atoms with E-state index in [9.17, 15) is 25.0 Å². The third-order valence-electron chi connectivity index (χ3n) is 4.69. The number of benzene rings is 2. The quantitative estimate of drug-likeness (QED) is 0.252. The zero-order valence-corrected chi connectivity index (χ0v) is 16.9. The Morgan fingerprint density at radius 2 is 1.70 bits per heavy atom. The van der Waals surface area contributed by atoms with Gasteiger partial charge in [-0.15, -0.1) is 0 Å². The van der Waals surface area contributed by atoms with Crippen molar-refractivity contribution in [2.24, 2.45) is 0 Å². The largest absolute Gasteiger partial charge is 0.463 e. The van der Waals surface area contributed by atoms with Crippen molar-refractivity contribution in [3.05, 3.63) is 97.1 Å². The van der Waals surface area contributed by atoms with Crippen molar-refractivity contribution >= 4 is 12.0 Å². The fraction of sp³-hybridized carbons (Fsp3) is 0.318. The molecule has 0 amide bonds. The average molecular weight is 412 g/mol. The lowest BCUT2D eigenvalue weighted by Gasteiger charge is -2.19. The highest BCUT2D eigenvalue weighted by Crippen LogP contribution is 2.28. The van der Waals surface area contributed by atoms with E-state index in [2.05, 4.69) is 0 Å². The first kappa shape index (κ1) is 22.7. The van der Waals surface area contributed by atoms with Gasteiger partial charge < -0.3 is 4.74 Å². The molecule has 0 saturated carbocycles. The number of carbonyl (C=O) groups is 1. The topological polar surface area (TPSA) is 113 Å².